The van der Waals surface area contributed by atoms with Crippen molar-refractivity contribution in [3.05, 3.63) is 138 Å². The van der Waals surface area contributed by atoms with E-state index < -0.39 is 7.92 Å². The van der Waals surface area contributed by atoms with Crippen molar-refractivity contribution >= 4 is 29.4 Å². The molecule has 0 unspecified atom stereocenters. The van der Waals surface area contributed by atoms with E-state index in [1.807, 2.05) is 6.07 Å². The lowest BCUT2D eigenvalue weighted by Crippen LogP contribution is -2.23. The average molecular weight is 461 g/mol. The van der Waals surface area contributed by atoms with Crippen molar-refractivity contribution in [1.29, 1.82) is 0 Å². The molecule has 34 heavy (non-hydrogen) atoms. The van der Waals surface area contributed by atoms with Gasteiger partial charge in [0.15, 0.2) is 0 Å². The normalized spacial score (nSPS) is 13.3. The van der Waals surface area contributed by atoms with Crippen LogP contribution in [0.3, 0.4) is 0 Å². The molecule has 0 spiro atoms. The molecule has 0 heterocycles. The van der Waals surface area contributed by atoms with Gasteiger partial charge in [0.1, 0.15) is 12.4 Å². The lowest BCUT2D eigenvalue weighted by Gasteiger charge is -2.24. The highest BCUT2D eigenvalue weighted by Gasteiger charge is 2.24. The summed E-state index contributed by atoms with van der Waals surface area (Å²) in [6, 6.07) is 38.9. The van der Waals surface area contributed by atoms with Gasteiger partial charge in [-0.1, -0.05) is 109 Å². The van der Waals surface area contributed by atoms with Crippen LogP contribution in [0, 0.1) is 0 Å². The van der Waals surface area contributed by atoms with Crippen molar-refractivity contribution in [3.63, 3.8) is 0 Å². The van der Waals surface area contributed by atoms with E-state index in [4.69, 9.17) is 4.74 Å². The SMILES string of the molecule is CC1=CC(C)=C(c2ccc(OCc3ccccc3)cc2P(c2ccccc2)c2ccccc2)C1. The van der Waals surface area contributed by atoms with Gasteiger partial charge in [-0.15, -0.1) is 0 Å². The minimum absolute atomic E-state index is 0.566. The Morgan fingerprint density at radius 3 is 1.85 bits per heavy atom. The first kappa shape index (κ1) is 22.4. The zero-order valence-corrected chi connectivity index (χ0v) is 20.6. The first-order valence-corrected chi connectivity index (χ1v) is 13.1. The molecule has 0 saturated heterocycles. The summed E-state index contributed by atoms with van der Waals surface area (Å²) < 4.78 is 6.30. The Bertz CT molecular complexity index is 1280. The first-order valence-electron chi connectivity index (χ1n) is 11.8. The number of ether oxygens (including phenoxy) is 1. The predicted octanol–water partition coefficient (Wildman–Crippen LogP) is 7.15. The van der Waals surface area contributed by atoms with E-state index in [1.165, 1.54) is 43.8 Å². The summed E-state index contributed by atoms with van der Waals surface area (Å²) >= 11 is 0. The fraction of sp³-hybridized carbons (Fsp3) is 0.125. The Labute approximate surface area is 204 Å². The second kappa shape index (κ2) is 10.2. The molecule has 0 radical (unpaired) electrons. The van der Waals surface area contributed by atoms with Gasteiger partial charge in [0.2, 0.25) is 0 Å². The average Bonchev–Trinajstić information content (AvgIpc) is 3.22. The molecule has 0 amide bonds. The highest BCUT2D eigenvalue weighted by molar-refractivity contribution is 7.80. The smallest absolute Gasteiger partial charge is 0.120 e. The number of allylic oxidation sites excluding steroid dienone is 4. The van der Waals surface area contributed by atoms with Gasteiger partial charge in [0.25, 0.3) is 0 Å². The maximum absolute atomic E-state index is 6.30. The van der Waals surface area contributed by atoms with Gasteiger partial charge in [-0.3, -0.25) is 0 Å². The van der Waals surface area contributed by atoms with Gasteiger partial charge in [-0.25, -0.2) is 0 Å². The quantitative estimate of drug-likeness (QED) is 0.266. The van der Waals surface area contributed by atoms with Crippen LogP contribution in [-0.2, 0) is 6.61 Å². The van der Waals surface area contributed by atoms with Crippen LogP contribution in [-0.4, -0.2) is 0 Å². The molecular formula is C32H29OP. The fourth-order valence-corrected chi connectivity index (χ4v) is 7.10. The van der Waals surface area contributed by atoms with E-state index in [2.05, 4.69) is 123 Å². The lowest BCUT2D eigenvalue weighted by atomic mass is 10.0. The van der Waals surface area contributed by atoms with Crippen molar-refractivity contribution in [3.8, 4) is 5.75 Å². The van der Waals surface area contributed by atoms with Crippen molar-refractivity contribution in [2.75, 3.05) is 0 Å². The molecule has 0 atom stereocenters. The van der Waals surface area contributed by atoms with Crippen LogP contribution in [0.4, 0.5) is 0 Å². The molecule has 0 saturated carbocycles. The maximum atomic E-state index is 6.30. The summed E-state index contributed by atoms with van der Waals surface area (Å²) in [6.07, 6.45) is 3.34. The second-order valence-corrected chi connectivity index (χ2v) is 11.0. The van der Waals surface area contributed by atoms with Crippen LogP contribution in [0.25, 0.3) is 5.57 Å². The number of benzene rings is 4. The van der Waals surface area contributed by atoms with Crippen LogP contribution < -0.4 is 20.7 Å². The van der Waals surface area contributed by atoms with E-state index in [-0.39, 0.29) is 0 Å². The predicted molar refractivity (Wildman–Crippen MR) is 147 cm³/mol. The molecule has 1 aliphatic rings. The summed E-state index contributed by atoms with van der Waals surface area (Å²) in [5, 5.41) is 4.06. The molecule has 1 nitrogen and oxygen atoms in total. The van der Waals surface area contributed by atoms with E-state index in [1.54, 1.807) is 0 Å². The van der Waals surface area contributed by atoms with E-state index in [9.17, 15) is 0 Å². The van der Waals surface area contributed by atoms with Crippen LogP contribution in [0.15, 0.2) is 126 Å². The number of hydrogen-bond donors (Lipinski definition) is 0. The second-order valence-electron chi connectivity index (χ2n) is 8.79. The van der Waals surface area contributed by atoms with Crippen molar-refractivity contribution < 1.29 is 4.74 Å². The van der Waals surface area contributed by atoms with Crippen molar-refractivity contribution in [1.82, 2.24) is 0 Å². The largest absolute Gasteiger partial charge is 0.489 e. The topological polar surface area (TPSA) is 9.23 Å². The summed E-state index contributed by atoms with van der Waals surface area (Å²) in [4.78, 5) is 0. The van der Waals surface area contributed by atoms with Crippen molar-refractivity contribution in [2.45, 2.75) is 26.9 Å². The van der Waals surface area contributed by atoms with Gasteiger partial charge < -0.3 is 4.74 Å². The third-order valence-corrected chi connectivity index (χ3v) is 8.69. The van der Waals surface area contributed by atoms with E-state index in [0.29, 0.717) is 6.61 Å². The van der Waals surface area contributed by atoms with Gasteiger partial charge in [-0.05, 0) is 78.5 Å². The van der Waals surface area contributed by atoms with Gasteiger partial charge in [-0.2, -0.15) is 0 Å². The highest BCUT2D eigenvalue weighted by atomic mass is 31.1. The Kier molecular flexibility index (Phi) is 6.74. The molecule has 0 bridgehead atoms. The monoisotopic (exact) mass is 460 g/mol. The summed E-state index contributed by atoms with van der Waals surface area (Å²) in [7, 11) is -0.735. The van der Waals surface area contributed by atoms with E-state index >= 15 is 0 Å². The Morgan fingerprint density at radius 2 is 1.29 bits per heavy atom. The summed E-state index contributed by atoms with van der Waals surface area (Å²) in [6.45, 7) is 5.03. The molecule has 0 aliphatic heterocycles. The number of hydrogen-bond acceptors (Lipinski definition) is 1. The molecule has 168 valence electrons. The minimum Gasteiger partial charge on any atom is -0.489 e. The van der Waals surface area contributed by atoms with Crippen LogP contribution >= 0.6 is 7.92 Å². The zero-order valence-electron chi connectivity index (χ0n) is 19.7. The Balaban J connectivity index is 1.62. The molecule has 1 aliphatic carbocycles. The summed E-state index contributed by atoms with van der Waals surface area (Å²) in [5.41, 5.74) is 6.74. The summed E-state index contributed by atoms with van der Waals surface area (Å²) in [5.74, 6) is 0.919. The van der Waals surface area contributed by atoms with Crippen LogP contribution in [0.1, 0.15) is 31.4 Å². The molecular weight excluding hydrogens is 431 g/mol. The molecule has 4 aromatic carbocycles. The van der Waals surface area contributed by atoms with Gasteiger partial charge >= 0.3 is 0 Å². The maximum Gasteiger partial charge on any atom is 0.120 e. The Hall–Kier alpha value is -3.41. The highest BCUT2D eigenvalue weighted by Crippen LogP contribution is 2.41. The standard InChI is InChI=1S/C32H29OP/c1-24-20-25(2)31(21-24)30-19-18-27(33-23-26-12-6-3-7-13-26)22-32(30)34(28-14-8-4-9-15-28)29-16-10-5-11-17-29/h3-20,22H,21,23H2,1-2H3. The first-order chi connectivity index (χ1) is 16.7. The van der Waals surface area contributed by atoms with Crippen molar-refractivity contribution in [2.24, 2.45) is 0 Å². The molecule has 2 heteroatoms. The fourth-order valence-electron chi connectivity index (χ4n) is 4.60. The van der Waals surface area contributed by atoms with E-state index in [0.717, 1.165) is 12.2 Å². The number of rotatable bonds is 7. The van der Waals surface area contributed by atoms with Crippen LogP contribution in [0.5, 0.6) is 5.75 Å². The van der Waals surface area contributed by atoms with Crippen LogP contribution in [0.2, 0.25) is 0 Å². The molecule has 0 aromatic heterocycles. The third kappa shape index (κ3) is 4.91. The molecule has 0 N–H and O–H groups in total. The molecule has 4 aromatic rings. The van der Waals surface area contributed by atoms with Gasteiger partial charge in [0, 0.05) is 0 Å². The zero-order chi connectivity index (χ0) is 23.3. The molecule has 5 rings (SSSR count). The Morgan fingerprint density at radius 1 is 0.706 bits per heavy atom. The minimum atomic E-state index is -0.735. The lowest BCUT2D eigenvalue weighted by molar-refractivity contribution is 0.306. The third-order valence-electron chi connectivity index (χ3n) is 6.21. The van der Waals surface area contributed by atoms with Gasteiger partial charge in [0.05, 0.1) is 0 Å². The molecule has 0 fully saturated rings.